The van der Waals surface area contributed by atoms with E-state index in [2.05, 4.69) is 20.4 Å². The molecule has 0 amide bonds. The molecule has 0 unspecified atom stereocenters. The van der Waals surface area contributed by atoms with Gasteiger partial charge in [-0.25, -0.2) is 4.98 Å². The van der Waals surface area contributed by atoms with Crippen molar-refractivity contribution in [2.24, 2.45) is 12.8 Å². The number of nitrogens with zero attached hydrogens (tertiary/aromatic N) is 5. The number of rotatable bonds is 3. The molecule has 5 rings (SSSR count). The molecule has 0 saturated heterocycles. The molecule has 0 spiro atoms. The number of fused-ring (bicyclic) bond motifs is 2. The molecule has 7 nitrogen and oxygen atoms in total. The van der Waals surface area contributed by atoms with Gasteiger partial charge in [-0.2, -0.15) is 18.3 Å². The minimum absolute atomic E-state index is 0.0967. The van der Waals surface area contributed by atoms with E-state index in [4.69, 9.17) is 5.73 Å². The Kier molecular flexibility index (Phi) is 4.44. The third kappa shape index (κ3) is 3.50. The molecule has 4 heterocycles. The van der Waals surface area contributed by atoms with E-state index in [1.807, 2.05) is 13.1 Å². The van der Waals surface area contributed by atoms with Gasteiger partial charge in [0, 0.05) is 30.9 Å². The lowest BCUT2D eigenvalue weighted by Crippen LogP contribution is -2.44. The highest BCUT2D eigenvalue weighted by Crippen LogP contribution is 2.36. The first-order valence-electron chi connectivity index (χ1n) is 10.1. The summed E-state index contributed by atoms with van der Waals surface area (Å²) in [5.41, 5.74) is 7.38. The first-order valence-corrected chi connectivity index (χ1v) is 10.1. The molecular formula is C21H22F3N7. The molecule has 4 aromatic heterocycles. The summed E-state index contributed by atoms with van der Waals surface area (Å²) < 4.78 is 42.4. The number of hydrogen-bond acceptors (Lipinski definition) is 5. The van der Waals surface area contributed by atoms with Crippen LogP contribution in [0.1, 0.15) is 37.1 Å². The number of halogens is 3. The largest absolute Gasteiger partial charge is 0.434 e. The quantitative estimate of drug-likeness (QED) is 0.517. The standard InChI is InChI=1S/C21H22F3N7/c1-30-15-9-16(26-10-13(15)11-27-30)20(25)7-5-14(6-8-20)28-18-3-2-4-19-29-17(12-31(18)19)21(22,23)24/h2-4,9-12,14,28H,5-8,25H2,1H3. The summed E-state index contributed by atoms with van der Waals surface area (Å²) in [4.78, 5) is 8.26. The molecule has 10 heteroatoms. The number of imidazole rings is 1. The summed E-state index contributed by atoms with van der Waals surface area (Å²) in [5, 5.41) is 8.60. The van der Waals surface area contributed by atoms with Gasteiger partial charge in [0.2, 0.25) is 0 Å². The van der Waals surface area contributed by atoms with E-state index < -0.39 is 17.4 Å². The number of nitrogens with two attached hydrogens (primary N) is 1. The Bertz CT molecular complexity index is 1250. The number of nitrogens with one attached hydrogen (secondary N) is 1. The molecule has 1 fully saturated rings. The monoisotopic (exact) mass is 429 g/mol. The summed E-state index contributed by atoms with van der Waals surface area (Å²) in [6.45, 7) is 0. The van der Waals surface area contributed by atoms with Crippen LogP contribution in [0.15, 0.2) is 42.9 Å². The van der Waals surface area contributed by atoms with Crippen molar-refractivity contribution in [3.8, 4) is 0 Å². The van der Waals surface area contributed by atoms with Crippen molar-refractivity contribution in [3.05, 3.63) is 54.2 Å². The van der Waals surface area contributed by atoms with Crippen LogP contribution < -0.4 is 11.1 Å². The molecule has 1 aliphatic rings. The van der Waals surface area contributed by atoms with E-state index >= 15 is 0 Å². The smallest absolute Gasteiger partial charge is 0.368 e. The van der Waals surface area contributed by atoms with Crippen molar-refractivity contribution in [2.75, 3.05) is 5.32 Å². The van der Waals surface area contributed by atoms with Gasteiger partial charge in [-0.05, 0) is 43.9 Å². The maximum atomic E-state index is 13.0. The lowest BCUT2D eigenvalue weighted by Gasteiger charge is -2.37. The maximum Gasteiger partial charge on any atom is 0.434 e. The minimum atomic E-state index is -4.48. The molecule has 162 valence electrons. The molecule has 1 saturated carbocycles. The fraction of sp³-hybridized carbons (Fsp3) is 0.381. The van der Waals surface area contributed by atoms with Crippen LogP contribution in [0.3, 0.4) is 0 Å². The van der Waals surface area contributed by atoms with Crippen molar-refractivity contribution in [1.29, 1.82) is 0 Å². The summed E-state index contributed by atoms with van der Waals surface area (Å²) in [6.07, 6.45) is 3.11. The highest BCUT2D eigenvalue weighted by molar-refractivity contribution is 5.78. The van der Waals surface area contributed by atoms with Crippen molar-refractivity contribution in [2.45, 2.75) is 43.4 Å². The van der Waals surface area contributed by atoms with Crippen molar-refractivity contribution in [3.63, 3.8) is 0 Å². The fourth-order valence-electron chi connectivity index (χ4n) is 4.33. The molecule has 0 aromatic carbocycles. The predicted molar refractivity (Wildman–Crippen MR) is 110 cm³/mol. The van der Waals surface area contributed by atoms with Gasteiger partial charge in [0.25, 0.3) is 0 Å². The molecule has 0 radical (unpaired) electrons. The summed E-state index contributed by atoms with van der Waals surface area (Å²) in [6, 6.07) is 7.12. The third-order valence-electron chi connectivity index (χ3n) is 6.15. The van der Waals surface area contributed by atoms with Gasteiger partial charge in [-0.15, -0.1) is 0 Å². The van der Waals surface area contributed by atoms with Crippen molar-refractivity contribution in [1.82, 2.24) is 24.1 Å². The Morgan fingerprint density at radius 1 is 1.19 bits per heavy atom. The molecule has 0 aliphatic heterocycles. The van der Waals surface area contributed by atoms with Crippen molar-refractivity contribution >= 4 is 22.4 Å². The normalized spacial score (nSPS) is 22.3. The zero-order chi connectivity index (χ0) is 21.8. The maximum absolute atomic E-state index is 13.0. The highest BCUT2D eigenvalue weighted by Gasteiger charge is 2.36. The van der Waals surface area contributed by atoms with Crippen LogP contribution in [0.25, 0.3) is 16.6 Å². The van der Waals surface area contributed by atoms with Crippen LogP contribution in [-0.4, -0.2) is 30.2 Å². The van der Waals surface area contributed by atoms with Gasteiger partial charge in [0.1, 0.15) is 11.5 Å². The zero-order valence-electron chi connectivity index (χ0n) is 16.9. The lowest BCUT2D eigenvalue weighted by molar-refractivity contribution is -0.140. The van der Waals surface area contributed by atoms with Crippen LogP contribution in [-0.2, 0) is 18.8 Å². The number of alkyl halides is 3. The van der Waals surface area contributed by atoms with Gasteiger partial charge < -0.3 is 11.1 Å². The molecule has 31 heavy (non-hydrogen) atoms. The molecule has 0 bridgehead atoms. The van der Waals surface area contributed by atoms with Gasteiger partial charge in [-0.1, -0.05) is 6.07 Å². The Labute approximate surface area is 176 Å². The minimum Gasteiger partial charge on any atom is -0.368 e. The average molecular weight is 429 g/mol. The first kappa shape index (κ1) is 19.8. The molecule has 4 aromatic rings. The van der Waals surface area contributed by atoms with E-state index in [0.29, 0.717) is 18.7 Å². The van der Waals surface area contributed by atoms with Gasteiger partial charge in [0.15, 0.2) is 5.69 Å². The van der Waals surface area contributed by atoms with Crippen LogP contribution in [0.5, 0.6) is 0 Å². The highest BCUT2D eigenvalue weighted by atomic mass is 19.4. The first-order chi connectivity index (χ1) is 14.7. The number of anilines is 1. The predicted octanol–water partition coefficient (Wildman–Crippen LogP) is 3.84. The number of hydrogen-bond donors (Lipinski definition) is 2. The number of pyridine rings is 2. The van der Waals surface area contributed by atoms with E-state index in [1.165, 1.54) is 4.40 Å². The Hall–Kier alpha value is -3.14. The van der Waals surface area contributed by atoms with Crippen LogP contribution >= 0.6 is 0 Å². The third-order valence-corrected chi connectivity index (χ3v) is 6.15. The van der Waals surface area contributed by atoms with E-state index in [1.54, 1.807) is 35.3 Å². The van der Waals surface area contributed by atoms with Crippen LogP contribution in [0.2, 0.25) is 0 Å². The second-order valence-electron chi connectivity index (χ2n) is 8.23. The van der Waals surface area contributed by atoms with Gasteiger partial charge in [-0.3, -0.25) is 14.1 Å². The molecule has 3 N–H and O–H groups in total. The van der Waals surface area contributed by atoms with Crippen LogP contribution in [0.4, 0.5) is 19.0 Å². The lowest BCUT2D eigenvalue weighted by atomic mass is 9.77. The second kappa shape index (κ2) is 6.94. The topological polar surface area (TPSA) is 86.1 Å². The van der Waals surface area contributed by atoms with E-state index in [0.717, 1.165) is 35.6 Å². The Morgan fingerprint density at radius 3 is 2.71 bits per heavy atom. The zero-order valence-corrected chi connectivity index (χ0v) is 16.9. The molecular weight excluding hydrogens is 407 g/mol. The fourth-order valence-corrected chi connectivity index (χ4v) is 4.33. The van der Waals surface area contributed by atoms with Crippen molar-refractivity contribution < 1.29 is 13.2 Å². The van der Waals surface area contributed by atoms with Crippen LogP contribution in [0, 0.1) is 0 Å². The van der Waals surface area contributed by atoms with E-state index in [-0.39, 0.29) is 11.7 Å². The average Bonchev–Trinajstić information content (AvgIpc) is 3.34. The molecule has 1 aliphatic carbocycles. The summed E-state index contributed by atoms with van der Waals surface area (Å²) >= 11 is 0. The summed E-state index contributed by atoms with van der Waals surface area (Å²) in [5.74, 6) is 0.587. The van der Waals surface area contributed by atoms with Gasteiger partial charge in [0.05, 0.1) is 22.9 Å². The Morgan fingerprint density at radius 2 is 1.97 bits per heavy atom. The summed E-state index contributed by atoms with van der Waals surface area (Å²) in [7, 11) is 1.89. The molecule has 0 atom stereocenters. The number of aromatic nitrogens is 5. The number of aryl methyl sites for hydroxylation is 1. The van der Waals surface area contributed by atoms with E-state index in [9.17, 15) is 13.2 Å². The Balaban J connectivity index is 1.33. The van der Waals surface area contributed by atoms with Gasteiger partial charge >= 0.3 is 6.18 Å². The second-order valence-corrected chi connectivity index (χ2v) is 8.23. The SMILES string of the molecule is Cn1ncc2cnc(C3(N)CCC(Nc4cccc5nc(C(F)(F)F)cn45)CC3)cc21.